The standard InChI is InChI=1S/C29H38N2O5S2/c1-5-8-9-10-11-12-19-36-25-18-15-23(20-26(25)35-4)21-27-28(32)31(7-3)29(37-27)30-38(33,34)24-16-13-22(6-2)14-17-24/h13-18,20-21H,5-12,19H2,1-4H3. The van der Waals surface area contributed by atoms with Gasteiger partial charge in [-0.1, -0.05) is 64.2 Å². The Morgan fingerprint density at radius 3 is 2.32 bits per heavy atom. The lowest BCUT2D eigenvalue weighted by molar-refractivity contribution is -0.122. The van der Waals surface area contributed by atoms with E-state index in [1.807, 2.05) is 25.1 Å². The van der Waals surface area contributed by atoms with Crippen LogP contribution in [0.1, 0.15) is 70.4 Å². The first-order valence-corrected chi connectivity index (χ1v) is 15.5. The predicted molar refractivity (Wildman–Crippen MR) is 155 cm³/mol. The topological polar surface area (TPSA) is 85.3 Å². The third-order valence-electron chi connectivity index (χ3n) is 6.27. The van der Waals surface area contributed by atoms with Crippen molar-refractivity contribution in [3.05, 3.63) is 58.5 Å². The summed E-state index contributed by atoms with van der Waals surface area (Å²) >= 11 is 1.05. The number of amides is 1. The van der Waals surface area contributed by atoms with Gasteiger partial charge in [0.05, 0.1) is 23.5 Å². The Morgan fingerprint density at radius 1 is 0.947 bits per heavy atom. The monoisotopic (exact) mass is 558 g/mol. The van der Waals surface area contributed by atoms with Crippen molar-refractivity contribution in [2.24, 2.45) is 4.40 Å². The van der Waals surface area contributed by atoms with Gasteiger partial charge in [0.1, 0.15) is 0 Å². The van der Waals surface area contributed by atoms with Crippen LogP contribution in [0.2, 0.25) is 0 Å². The minimum absolute atomic E-state index is 0.102. The number of carbonyl (C=O) groups is 1. The highest BCUT2D eigenvalue weighted by molar-refractivity contribution is 8.19. The average Bonchev–Trinajstić information content (AvgIpc) is 3.21. The van der Waals surface area contributed by atoms with E-state index < -0.39 is 10.0 Å². The summed E-state index contributed by atoms with van der Waals surface area (Å²) in [5.74, 6) is 0.960. The van der Waals surface area contributed by atoms with Gasteiger partial charge in [-0.15, -0.1) is 4.40 Å². The first-order chi connectivity index (χ1) is 18.3. The molecular formula is C29H38N2O5S2. The number of likely N-dealkylation sites (N-methyl/N-ethyl adjacent to an activating group) is 1. The second-order valence-corrected chi connectivity index (χ2v) is 11.6. The zero-order valence-electron chi connectivity index (χ0n) is 22.7. The molecule has 0 bridgehead atoms. The van der Waals surface area contributed by atoms with Crippen molar-refractivity contribution in [1.82, 2.24) is 4.90 Å². The zero-order chi connectivity index (χ0) is 27.5. The van der Waals surface area contributed by atoms with Crippen molar-refractivity contribution in [2.75, 3.05) is 20.3 Å². The number of sulfonamides is 1. The van der Waals surface area contributed by atoms with Gasteiger partial charge in [0.15, 0.2) is 16.7 Å². The smallest absolute Gasteiger partial charge is 0.284 e. The number of benzene rings is 2. The highest BCUT2D eigenvalue weighted by Gasteiger charge is 2.34. The van der Waals surface area contributed by atoms with Gasteiger partial charge in [0.2, 0.25) is 0 Å². The van der Waals surface area contributed by atoms with Gasteiger partial charge in [-0.3, -0.25) is 9.69 Å². The predicted octanol–water partition coefficient (Wildman–Crippen LogP) is 6.68. The Morgan fingerprint density at radius 2 is 1.66 bits per heavy atom. The number of rotatable bonds is 14. The van der Waals surface area contributed by atoms with Crippen LogP contribution in [0.4, 0.5) is 0 Å². The van der Waals surface area contributed by atoms with Crippen LogP contribution in [0, 0.1) is 0 Å². The molecule has 1 heterocycles. The molecule has 3 rings (SSSR count). The summed E-state index contributed by atoms with van der Waals surface area (Å²) in [5.41, 5.74) is 1.79. The number of unbranched alkanes of at least 4 members (excludes halogenated alkanes) is 5. The number of carbonyl (C=O) groups excluding carboxylic acids is 1. The molecule has 7 nitrogen and oxygen atoms in total. The maximum absolute atomic E-state index is 13.1. The molecule has 38 heavy (non-hydrogen) atoms. The largest absolute Gasteiger partial charge is 0.493 e. The van der Waals surface area contributed by atoms with Crippen LogP contribution < -0.4 is 9.47 Å². The van der Waals surface area contributed by atoms with Gasteiger partial charge >= 0.3 is 0 Å². The molecule has 0 unspecified atom stereocenters. The maximum atomic E-state index is 13.1. The second-order valence-electron chi connectivity index (χ2n) is 9.03. The lowest BCUT2D eigenvalue weighted by atomic mass is 10.1. The minimum Gasteiger partial charge on any atom is -0.493 e. The maximum Gasteiger partial charge on any atom is 0.284 e. The Balaban J connectivity index is 1.73. The number of thioether (sulfide) groups is 1. The third kappa shape index (κ3) is 7.86. The Bertz CT molecular complexity index is 1250. The number of ether oxygens (including phenoxy) is 2. The summed E-state index contributed by atoms with van der Waals surface area (Å²) in [7, 11) is -2.37. The van der Waals surface area contributed by atoms with Crippen LogP contribution in [-0.2, 0) is 21.2 Å². The minimum atomic E-state index is -3.96. The van der Waals surface area contributed by atoms with E-state index >= 15 is 0 Å². The SMILES string of the molecule is CCCCCCCCOc1ccc(C=C2SC(=NS(=O)(=O)c3ccc(CC)cc3)N(CC)C2=O)cc1OC. The molecule has 1 aliphatic heterocycles. The molecule has 0 aromatic heterocycles. The average molecular weight is 559 g/mol. The highest BCUT2D eigenvalue weighted by Crippen LogP contribution is 2.35. The quantitative estimate of drug-likeness (QED) is 0.190. The van der Waals surface area contributed by atoms with E-state index in [4.69, 9.17) is 9.47 Å². The molecule has 0 N–H and O–H groups in total. The van der Waals surface area contributed by atoms with Crippen molar-refractivity contribution in [1.29, 1.82) is 0 Å². The molecule has 1 aliphatic rings. The number of hydrogen-bond donors (Lipinski definition) is 0. The molecule has 0 saturated carbocycles. The van der Waals surface area contributed by atoms with Crippen molar-refractivity contribution in [3.63, 3.8) is 0 Å². The molecule has 1 fully saturated rings. The summed E-state index contributed by atoms with van der Waals surface area (Å²) < 4.78 is 41.3. The van der Waals surface area contributed by atoms with Gasteiger partial charge in [-0.25, -0.2) is 0 Å². The Kier molecular flexibility index (Phi) is 11.3. The molecule has 0 spiro atoms. The van der Waals surface area contributed by atoms with Crippen LogP contribution in [0.5, 0.6) is 11.5 Å². The van der Waals surface area contributed by atoms with Crippen LogP contribution in [0.15, 0.2) is 56.7 Å². The Labute approximate surface area is 231 Å². The van der Waals surface area contributed by atoms with Crippen LogP contribution in [0.25, 0.3) is 6.08 Å². The summed E-state index contributed by atoms with van der Waals surface area (Å²) in [4.78, 5) is 14.9. The van der Waals surface area contributed by atoms with E-state index in [1.54, 1.807) is 44.4 Å². The summed E-state index contributed by atoms with van der Waals surface area (Å²) in [6, 6.07) is 12.2. The summed E-state index contributed by atoms with van der Waals surface area (Å²) in [6.45, 7) is 6.93. The van der Waals surface area contributed by atoms with Gasteiger partial charge in [0, 0.05) is 6.54 Å². The van der Waals surface area contributed by atoms with Crippen LogP contribution >= 0.6 is 11.8 Å². The molecule has 1 saturated heterocycles. The molecular weight excluding hydrogens is 520 g/mol. The number of aryl methyl sites for hydroxylation is 1. The molecule has 0 aliphatic carbocycles. The summed E-state index contributed by atoms with van der Waals surface area (Å²) in [6.07, 6.45) is 9.66. The number of hydrogen-bond acceptors (Lipinski definition) is 6. The van der Waals surface area contributed by atoms with E-state index in [9.17, 15) is 13.2 Å². The fourth-order valence-corrected chi connectivity index (χ4v) is 6.26. The first-order valence-electron chi connectivity index (χ1n) is 13.3. The van der Waals surface area contributed by atoms with E-state index in [-0.39, 0.29) is 16.0 Å². The lowest BCUT2D eigenvalue weighted by Crippen LogP contribution is -2.29. The van der Waals surface area contributed by atoms with E-state index in [0.717, 1.165) is 42.2 Å². The molecule has 2 aromatic carbocycles. The lowest BCUT2D eigenvalue weighted by Gasteiger charge is -2.12. The van der Waals surface area contributed by atoms with Gasteiger partial charge in [0.25, 0.3) is 15.9 Å². The normalized spacial score (nSPS) is 16.0. The summed E-state index contributed by atoms with van der Waals surface area (Å²) in [5, 5.41) is 0.147. The van der Waals surface area contributed by atoms with Crippen molar-refractivity contribution in [2.45, 2.75) is 70.6 Å². The molecule has 1 amide bonds. The molecule has 0 radical (unpaired) electrons. The van der Waals surface area contributed by atoms with E-state index in [0.29, 0.717) is 29.6 Å². The Hall–Kier alpha value is -2.78. The van der Waals surface area contributed by atoms with E-state index in [2.05, 4.69) is 11.3 Å². The second kappa shape index (κ2) is 14.4. The van der Waals surface area contributed by atoms with Gasteiger partial charge < -0.3 is 9.47 Å². The number of amidine groups is 1. The van der Waals surface area contributed by atoms with Gasteiger partial charge in [-0.05, 0) is 73.0 Å². The number of nitrogens with zero attached hydrogens (tertiary/aromatic N) is 2. The number of methoxy groups -OCH3 is 1. The van der Waals surface area contributed by atoms with Crippen molar-refractivity contribution >= 4 is 38.9 Å². The van der Waals surface area contributed by atoms with Crippen LogP contribution in [0.3, 0.4) is 0 Å². The third-order valence-corrected chi connectivity index (χ3v) is 8.68. The molecule has 9 heteroatoms. The fourth-order valence-electron chi connectivity index (χ4n) is 4.02. The van der Waals surface area contributed by atoms with Crippen LogP contribution in [-0.4, -0.2) is 44.7 Å². The zero-order valence-corrected chi connectivity index (χ0v) is 24.4. The highest BCUT2D eigenvalue weighted by atomic mass is 32.2. The molecule has 2 aromatic rings. The first kappa shape index (κ1) is 29.8. The van der Waals surface area contributed by atoms with E-state index in [1.165, 1.54) is 30.6 Å². The van der Waals surface area contributed by atoms with Crippen molar-refractivity contribution < 1.29 is 22.7 Å². The molecule has 206 valence electrons. The van der Waals surface area contributed by atoms with Crippen molar-refractivity contribution in [3.8, 4) is 11.5 Å². The fraction of sp³-hybridized carbons (Fsp3) is 0.448. The molecule has 0 atom stereocenters. The van der Waals surface area contributed by atoms with Gasteiger partial charge in [-0.2, -0.15) is 8.42 Å².